The van der Waals surface area contributed by atoms with Crippen LogP contribution in [-0.4, -0.2) is 17.6 Å². The first-order chi connectivity index (χ1) is 12.0. The number of rotatable bonds is 3. The van der Waals surface area contributed by atoms with Crippen LogP contribution in [0.1, 0.15) is 36.7 Å². The van der Waals surface area contributed by atoms with Crippen LogP contribution in [0.4, 0.5) is 20.6 Å². The van der Waals surface area contributed by atoms with Crippen molar-refractivity contribution in [3.05, 3.63) is 58.4 Å². The number of carbonyl (C=O) groups is 2. The second kappa shape index (κ2) is 7.74. The maximum Gasteiger partial charge on any atom is 0.412 e. The van der Waals surface area contributed by atoms with Crippen LogP contribution in [0.15, 0.2) is 36.4 Å². The molecule has 0 heterocycles. The third kappa shape index (κ3) is 5.46. The van der Waals surface area contributed by atoms with E-state index in [1.807, 2.05) is 0 Å². The average Bonchev–Trinajstić information content (AvgIpc) is 2.47. The molecule has 0 spiro atoms. The van der Waals surface area contributed by atoms with E-state index in [2.05, 4.69) is 10.6 Å². The quantitative estimate of drug-likeness (QED) is 0.752. The van der Waals surface area contributed by atoms with E-state index >= 15 is 0 Å². The van der Waals surface area contributed by atoms with Crippen molar-refractivity contribution in [2.75, 3.05) is 10.6 Å². The zero-order valence-electron chi connectivity index (χ0n) is 14.9. The van der Waals surface area contributed by atoms with Gasteiger partial charge in [-0.2, -0.15) is 0 Å². The van der Waals surface area contributed by atoms with Crippen LogP contribution in [0.2, 0.25) is 5.02 Å². The number of hydrogen-bond donors (Lipinski definition) is 2. The summed E-state index contributed by atoms with van der Waals surface area (Å²) in [4.78, 5) is 24.1. The Kier molecular flexibility index (Phi) is 5.87. The highest BCUT2D eigenvalue weighted by molar-refractivity contribution is 6.34. The zero-order chi connectivity index (χ0) is 19.5. The molecule has 0 unspecified atom stereocenters. The van der Waals surface area contributed by atoms with Gasteiger partial charge in [0.05, 0.1) is 10.6 Å². The van der Waals surface area contributed by atoms with Crippen LogP contribution in [0.5, 0.6) is 0 Å². The summed E-state index contributed by atoms with van der Waals surface area (Å²) in [6.07, 6.45) is -0.563. The lowest BCUT2D eigenvalue weighted by atomic mass is 10.1. The van der Waals surface area contributed by atoms with Crippen molar-refractivity contribution in [1.29, 1.82) is 0 Å². The number of anilines is 2. The van der Waals surface area contributed by atoms with E-state index in [-0.39, 0.29) is 10.6 Å². The number of aryl methyl sites for hydroxylation is 1. The monoisotopic (exact) mass is 378 g/mol. The largest absolute Gasteiger partial charge is 0.444 e. The van der Waals surface area contributed by atoms with Gasteiger partial charge in [0.25, 0.3) is 5.91 Å². The minimum atomic E-state index is -0.596. The summed E-state index contributed by atoms with van der Waals surface area (Å²) in [5.74, 6) is -0.966. The van der Waals surface area contributed by atoms with Gasteiger partial charge >= 0.3 is 6.09 Å². The molecule has 0 saturated carbocycles. The molecule has 0 saturated heterocycles. The molecular formula is C19H20ClFN2O3. The van der Waals surface area contributed by atoms with Gasteiger partial charge in [-0.1, -0.05) is 11.6 Å². The van der Waals surface area contributed by atoms with E-state index in [0.717, 1.165) is 11.6 Å². The molecule has 0 bridgehead atoms. The highest BCUT2D eigenvalue weighted by atomic mass is 35.5. The molecule has 0 aliphatic heterocycles. The minimum Gasteiger partial charge on any atom is -0.444 e. The van der Waals surface area contributed by atoms with Crippen molar-refractivity contribution in [3.63, 3.8) is 0 Å². The Hall–Kier alpha value is -2.60. The summed E-state index contributed by atoms with van der Waals surface area (Å²) >= 11 is 5.90. The Morgan fingerprint density at radius 1 is 1.08 bits per heavy atom. The zero-order valence-corrected chi connectivity index (χ0v) is 15.7. The Morgan fingerprint density at radius 3 is 2.35 bits per heavy atom. The maximum atomic E-state index is 13.1. The van der Waals surface area contributed by atoms with Gasteiger partial charge in [0.15, 0.2) is 0 Å². The van der Waals surface area contributed by atoms with Crippen LogP contribution in [0.25, 0.3) is 0 Å². The van der Waals surface area contributed by atoms with E-state index in [4.69, 9.17) is 16.3 Å². The van der Waals surface area contributed by atoms with Crippen molar-refractivity contribution in [2.24, 2.45) is 0 Å². The lowest BCUT2D eigenvalue weighted by Crippen LogP contribution is -2.27. The number of amides is 2. The molecule has 0 aliphatic rings. The molecule has 2 aromatic carbocycles. The van der Waals surface area contributed by atoms with Gasteiger partial charge in [0.2, 0.25) is 0 Å². The maximum absolute atomic E-state index is 13.1. The number of benzene rings is 2. The lowest BCUT2D eigenvalue weighted by Gasteiger charge is -2.20. The fourth-order valence-corrected chi connectivity index (χ4v) is 2.42. The fraction of sp³-hybridized carbons (Fsp3) is 0.263. The molecule has 0 aromatic heterocycles. The molecule has 2 rings (SSSR count). The van der Waals surface area contributed by atoms with Gasteiger partial charge in [-0.15, -0.1) is 0 Å². The van der Waals surface area contributed by atoms with Crippen molar-refractivity contribution in [1.82, 2.24) is 0 Å². The molecule has 138 valence electrons. The molecule has 5 nitrogen and oxygen atoms in total. The van der Waals surface area contributed by atoms with Crippen LogP contribution >= 0.6 is 11.6 Å². The molecule has 26 heavy (non-hydrogen) atoms. The van der Waals surface area contributed by atoms with Crippen LogP contribution in [0.3, 0.4) is 0 Å². The van der Waals surface area contributed by atoms with Gasteiger partial charge in [-0.05, 0) is 69.7 Å². The molecule has 2 aromatic rings. The third-order valence-corrected chi connectivity index (χ3v) is 3.61. The molecule has 0 radical (unpaired) electrons. The fourth-order valence-electron chi connectivity index (χ4n) is 2.17. The SMILES string of the molecule is Cc1cc(NC(=O)OC(C)(C)C)ccc1NC(=O)c1ccc(F)cc1Cl. The van der Waals surface area contributed by atoms with E-state index < -0.39 is 23.4 Å². The second-order valence-corrected chi connectivity index (χ2v) is 7.14. The summed E-state index contributed by atoms with van der Waals surface area (Å²) in [7, 11) is 0. The molecule has 2 N–H and O–H groups in total. The first-order valence-electron chi connectivity index (χ1n) is 7.92. The lowest BCUT2D eigenvalue weighted by molar-refractivity contribution is 0.0635. The summed E-state index contributed by atoms with van der Waals surface area (Å²) < 4.78 is 18.3. The first-order valence-corrected chi connectivity index (χ1v) is 8.30. The first kappa shape index (κ1) is 19.7. The summed E-state index contributed by atoms with van der Waals surface area (Å²) in [6, 6.07) is 8.56. The van der Waals surface area contributed by atoms with E-state index in [1.54, 1.807) is 45.9 Å². The molecule has 0 atom stereocenters. The van der Waals surface area contributed by atoms with Crippen molar-refractivity contribution >= 4 is 35.0 Å². The van der Waals surface area contributed by atoms with Crippen LogP contribution in [-0.2, 0) is 4.74 Å². The minimum absolute atomic E-state index is 0.0309. The Morgan fingerprint density at radius 2 is 1.77 bits per heavy atom. The molecule has 0 aliphatic carbocycles. The predicted molar refractivity (Wildman–Crippen MR) is 100 cm³/mol. The highest BCUT2D eigenvalue weighted by Crippen LogP contribution is 2.23. The Labute approximate surface area is 156 Å². The summed E-state index contributed by atoms with van der Waals surface area (Å²) in [5.41, 5.74) is 1.38. The molecule has 2 amide bonds. The van der Waals surface area contributed by atoms with Crippen LogP contribution in [0, 0.1) is 12.7 Å². The number of hydrogen-bond acceptors (Lipinski definition) is 3. The van der Waals surface area contributed by atoms with Crippen LogP contribution < -0.4 is 10.6 Å². The number of nitrogens with one attached hydrogen (secondary N) is 2. The normalized spacial score (nSPS) is 11.0. The Bertz CT molecular complexity index is 847. The third-order valence-electron chi connectivity index (χ3n) is 3.30. The van der Waals surface area contributed by atoms with E-state index in [1.165, 1.54) is 12.1 Å². The molecule has 7 heteroatoms. The number of halogens is 2. The van der Waals surface area contributed by atoms with Gasteiger partial charge in [0.1, 0.15) is 11.4 Å². The summed E-state index contributed by atoms with van der Waals surface area (Å²) in [5, 5.41) is 5.38. The van der Waals surface area contributed by atoms with Crippen molar-refractivity contribution < 1.29 is 18.7 Å². The van der Waals surface area contributed by atoms with Crippen molar-refractivity contribution in [3.8, 4) is 0 Å². The van der Waals surface area contributed by atoms with E-state index in [9.17, 15) is 14.0 Å². The van der Waals surface area contributed by atoms with Crippen molar-refractivity contribution in [2.45, 2.75) is 33.3 Å². The number of carbonyl (C=O) groups excluding carboxylic acids is 2. The predicted octanol–water partition coefficient (Wildman–Crippen LogP) is 5.39. The standard InChI is InChI=1S/C19H20ClFN2O3/c1-11-9-13(22-18(25)26-19(2,3)4)6-8-16(11)23-17(24)14-7-5-12(21)10-15(14)20/h5-10H,1-4H3,(H,22,25)(H,23,24). The van der Waals surface area contributed by atoms with Gasteiger partial charge in [0, 0.05) is 11.4 Å². The summed E-state index contributed by atoms with van der Waals surface area (Å²) in [6.45, 7) is 7.10. The van der Waals surface area contributed by atoms with Gasteiger partial charge in [-0.3, -0.25) is 10.1 Å². The number of ether oxygens (including phenoxy) is 1. The topological polar surface area (TPSA) is 67.4 Å². The Balaban J connectivity index is 2.09. The second-order valence-electron chi connectivity index (χ2n) is 6.73. The van der Waals surface area contributed by atoms with Gasteiger partial charge < -0.3 is 10.1 Å². The van der Waals surface area contributed by atoms with Gasteiger partial charge in [-0.25, -0.2) is 9.18 Å². The van der Waals surface area contributed by atoms with E-state index in [0.29, 0.717) is 11.4 Å². The molecular weight excluding hydrogens is 359 g/mol. The highest BCUT2D eigenvalue weighted by Gasteiger charge is 2.17. The average molecular weight is 379 g/mol. The smallest absolute Gasteiger partial charge is 0.412 e. The molecule has 0 fully saturated rings.